The summed E-state index contributed by atoms with van der Waals surface area (Å²) in [6.07, 6.45) is 16.3. The largest absolute Gasteiger partial charge is 0.358 e. The van der Waals surface area contributed by atoms with E-state index in [0.717, 1.165) is 44.2 Å². The lowest BCUT2D eigenvalue weighted by atomic mass is 9.98. The maximum atomic E-state index is 4.42. The first-order chi connectivity index (χ1) is 15.9. The molecule has 0 aliphatic rings. The fourth-order valence-electron chi connectivity index (χ4n) is 3.23. The van der Waals surface area contributed by atoms with Crippen molar-refractivity contribution in [2.24, 2.45) is 0 Å². The maximum Gasteiger partial charge on any atom is 0.115 e. The Morgan fingerprint density at radius 1 is 1.03 bits per heavy atom. The molecule has 6 heteroatoms. The van der Waals surface area contributed by atoms with E-state index in [0.29, 0.717) is 11.4 Å². The Balaban J connectivity index is 1.85. The highest BCUT2D eigenvalue weighted by molar-refractivity contribution is 5.80. The molecule has 0 fully saturated rings. The van der Waals surface area contributed by atoms with Gasteiger partial charge < -0.3 is 5.32 Å². The molecule has 166 valence electrons. The van der Waals surface area contributed by atoms with Gasteiger partial charge in [0.15, 0.2) is 0 Å². The van der Waals surface area contributed by atoms with E-state index in [1.807, 2.05) is 44.2 Å². The van der Waals surface area contributed by atoms with Crippen LogP contribution in [-0.4, -0.2) is 25.1 Å². The Morgan fingerprint density at radius 3 is 2.45 bits per heavy atom. The van der Waals surface area contributed by atoms with Crippen molar-refractivity contribution in [3.05, 3.63) is 113 Å². The van der Waals surface area contributed by atoms with Gasteiger partial charge in [-0.25, -0.2) is 0 Å². The zero-order valence-electron chi connectivity index (χ0n) is 19.3. The second-order valence-corrected chi connectivity index (χ2v) is 7.48. The number of rotatable bonds is 8. The van der Waals surface area contributed by atoms with E-state index in [4.69, 9.17) is 0 Å². The molecular weight excluding hydrogens is 408 g/mol. The fourth-order valence-corrected chi connectivity index (χ4v) is 3.23. The lowest BCUT2D eigenvalue weighted by Gasteiger charge is -2.15. The molecule has 33 heavy (non-hydrogen) atoms. The number of nitrogens with one attached hydrogen (secondary N) is 2. The van der Waals surface area contributed by atoms with Gasteiger partial charge in [-0.3, -0.25) is 20.1 Å². The minimum atomic E-state index is 0.662. The first-order valence-electron chi connectivity index (χ1n) is 10.5. The van der Waals surface area contributed by atoms with E-state index in [1.165, 1.54) is 0 Å². The standard InChI is InChI=1S/C27H28N6/c1-7-8-24(23-11-13-28-14-12-23)19(3)21(5)31-22(6)27-20(4)25(32-33-27)10-9-18(2)26-17-29-15-16-30-26/h7-17,31-32H,1,4,6H2,2-3,5H3/b18-9+,21-19+,24-8+,25-10+. The normalized spacial score (nSPS) is 13.5. The quantitative estimate of drug-likeness (QED) is 0.522. The molecule has 3 heterocycles. The number of aromatic nitrogens is 5. The zero-order chi connectivity index (χ0) is 23.8. The van der Waals surface area contributed by atoms with Crippen LogP contribution < -0.4 is 15.9 Å². The summed E-state index contributed by atoms with van der Waals surface area (Å²) in [7, 11) is 0. The van der Waals surface area contributed by atoms with Crippen molar-refractivity contribution in [1.29, 1.82) is 0 Å². The highest BCUT2D eigenvalue weighted by atomic mass is 15.1. The van der Waals surface area contributed by atoms with Crippen molar-refractivity contribution in [3.8, 4) is 0 Å². The average molecular weight is 437 g/mol. The lowest BCUT2D eigenvalue weighted by Crippen LogP contribution is -2.25. The smallest absolute Gasteiger partial charge is 0.115 e. The molecule has 0 aliphatic carbocycles. The fraction of sp³-hybridized carbons (Fsp3) is 0.111. The van der Waals surface area contributed by atoms with E-state index < -0.39 is 0 Å². The third kappa shape index (κ3) is 5.68. The Kier molecular flexibility index (Phi) is 7.65. The van der Waals surface area contributed by atoms with Crippen molar-refractivity contribution in [3.63, 3.8) is 0 Å². The molecule has 2 N–H and O–H groups in total. The molecule has 0 saturated carbocycles. The Labute approximate surface area is 194 Å². The number of allylic oxidation sites excluding steroid dienone is 7. The van der Waals surface area contributed by atoms with Gasteiger partial charge >= 0.3 is 0 Å². The molecule has 0 amide bonds. The van der Waals surface area contributed by atoms with E-state index >= 15 is 0 Å². The Bertz CT molecular complexity index is 1340. The van der Waals surface area contributed by atoms with Crippen LogP contribution in [-0.2, 0) is 0 Å². The molecule has 3 rings (SSSR count). The molecule has 0 aromatic carbocycles. The van der Waals surface area contributed by atoms with Gasteiger partial charge in [-0.05, 0) is 61.3 Å². The van der Waals surface area contributed by atoms with Gasteiger partial charge in [-0.2, -0.15) is 5.10 Å². The number of nitrogens with zero attached hydrogens (tertiary/aromatic N) is 4. The van der Waals surface area contributed by atoms with Gasteiger partial charge in [0.1, 0.15) is 5.69 Å². The topological polar surface area (TPSA) is 79.4 Å². The summed E-state index contributed by atoms with van der Waals surface area (Å²) in [6.45, 7) is 18.3. The van der Waals surface area contributed by atoms with Crippen molar-refractivity contribution < 1.29 is 0 Å². The predicted octanol–water partition coefficient (Wildman–Crippen LogP) is 4.01. The first-order valence-corrected chi connectivity index (χ1v) is 10.5. The van der Waals surface area contributed by atoms with Crippen molar-refractivity contribution in [2.75, 3.05) is 0 Å². The number of pyridine rings is 1. The van der Waals surface area contributed by atoms with Crippen LogP contribution in [0.2, 0.25) is 0 Å². The minimum absolute atomic E-state index is 0.662. The van der Waals surface area contributed by atoms with Gasteiger partial charge in [0, 0.05) is 35.7 Å². The molecule has 0 aliphatic heterocycles. The van der Waals surface area contributed by atoms with Crippen LogP contribution in [0.1, 0.15) is 37.7 Å². The summed E-state index contributed by atoms with van der Waals surface area (Å²) in [5.41, 5.74) is 7.29. The summed E-state index contributed by atoms with van der Waals surface area (Å²) in [5, 5.41) is 12.4. The Hall–Kier alpha value is -4.32. The summed E-state index contributed by atoms with van der Waals surface area (Å²) >= 11 is 0. The SMILES string of the molecule is C=C/C=C(\C(C)=C(/C)NC(=C)c1n[nH]/c(=C/C=C(\C)c2cnccn2)c1=C)c1ccncc1. The van der Waals surface area contributed by atoms with Gasteiger partial charge in [0.2, 0.25) is 0 Å². The molecule has 6 nitrogen and oxygen atoms in total. The average Bonchev–Trinajstić information content (AvgIpc) is 3.21. The second-order valence-electron chi connectivity index (χ2n) is 7.48. The van der Waals surface area contributed by atoms with Gasteiger partial charge in [-0.1, -0.05) is 38.0 Å². The molecule has 0 unspecified atom stereocenters. The van der Waals surface area contributed by atoms with Crippen LogP contribution in [0.3, 0.4) is 0 Å². The molecule has 0 saturated heterocycles. The molecule has 0 radical (unpaired) electrons. The molecular formula is C27H28N6. The van der Waals surface area contributed by atoms with Crippen molar-refractivity contribution in [1.82, 2.24) is 30.5 Å². The third-order valence-corrected chi connectivity index (χ3v) is 5.23. The summed E-state index contributed by atoms with van der Waals surface area (Å²) in [6, 6.07) is 3.95. The minimum Gasteiger partial charge on any atom is -0.358 e. The molecule has 3 aromatic heterocycles. The molecule has 3 aromatic rings. The predicted molar refractivity (Wildman–Crippen MR) is 136 cm³/mol. The molecule has 0 atom stereocenters. The third-order valence-electron chi connectivity index (χ3n) is 5.23. The number of aromatic amines is 1. The van der Waals surface area contributed by atoms with Gasteiger partial charge in [-0.15, -0.1) is 0 Å². The maximum absolute atomic E-state index is 4.42. The zero-order valence-corrected chi connectivity index (χ0v) is 19.3. The van der Waals surface area contributed by atoms with Crippen LogP contribution in [0.15, 0.2) is 85.8 Å². The second kappa shape index (κ2) is 10.8. The van der Waals surface area contributed by atoms with Crippen LogP contribution in [0.4, 0.5) is 0 Å². The summed E-state index contributed by atoms with van der Waals surface area (Å²) in [4.78, 5) is 12.5. The lowest BCUT2D eigenvalue weighted by molar-refractivity contribution is 1.00. The highest BCUT2D eigenvalue weighted by Crippen LogP contribution is 2.25. The van der Waals surface area contributed by atoms with Crippen molar-refractivity contribution in [2.45, 2.75) is 20.8 Å². The number of H-pyrrole nitrogens is 1. The van der Waals surface area contributed by atoms with E-state index in [-0.39, 0.29) is 0 Å². The van der Waals surface area contributed by atoms with E-state index in [1.54, 1.807) is 37.1 Å². The van der Waals surface area contributed by atoms with E-state index in [2.05, 4.69) is 57.1 Å². The summed E-state index contributed by atoms with van der Waals surface area (Å²) < 4.78 is 0. The van der Waals surface area contributed by atoms with Gasteiger partial charge in [0.05, 0.1) is 22.9 Å². The van der Waals surface area contributed by atoms with Crippen molar-refractivity contribution >= 4 is 29.5 Å². The van der Waals surface area contributed by atoms with Crippen LogP contribution >= 0.6 is 0 Å². The van der Waals surface area contributed by atoms with Crippen LogP contribution in [0.25, 0.3) is 29.5 Å². The Morgan fingerprint density at radius 2 is 1.79 bits per heavy atom. The van der Waals surface area contributed by atoms with Crippen LogP contribution in [0, 0.1) is 0 Å². The first kappa shape index (κ1) is 23.3. The molecule has 0 bridgehead atoms. The van der Waals surface area contributed by atoms with E-state index in [9.17, 15) is 0 Å². The number of hydrogen-bond acceptors (Lipinski definition) is 5. The summed E-state index contributed by atoms with van der Waals surface area (Å²) in [5.74, 6) is 0. The highest BCUT2D eigenvalue weighted by Gasteiger charge is 2.10. The van der Waals surface area contributed by atoms with Gasteiger partial charge in [0.25, 0.3) is 0 Å². The monoisotopic (exact) mass is 436 g/mol. The number of hydrogen-bond donors (Lipinski definition) is 2. The molecule has 0 spiro atoms. The van der Waals surface area contributed by atoms with Crippen LogP contribution in [0.5, 0.6) is 0 Å².